The number of halogens is 10. The van der Waals surface area contributed by atoms with Crippen LogP contribution in [0.3, 0.4) is 0 Å². The Morgan fingerprint density at radius 3 is 1.09 bits per heavy atom. The second-order valence-corrected chi connectivity index (χ2v) is 14.9. The summed E-state index contributed by atoms with van der Waals surface area (Å²) in [5, 5.41) is 9.16. The maximum absolute atomic E-state index is 14.2. The Hall–Kier alpha value is -1.84. The van der Waals surface area contributed by atoms with Crippen molar-refractivity contribution in [1.82, 2.24) is 4.90 Å². The first kappa shape index (κ1) is 54.2. The molecule has 0 aliphatic carbocycles. The highest BCUT2D eigenvalue weighted by molar-refractivity contribution is 5.70. The minimum Gasteiger partial charge on any atom is -0.456 e. The molecule has 0 aromatic carbocycles. The minimum atomic E-state index is -5.86. The maximum atomic E-state index is 14.2. The van der Waals surface area contributed by atoms with Gasteiger partial charge >= 0.3 is 36.1 Å². The molecule has 0 saturated heterocycles. The van der Waals surface area contributed by atoms with E-state index in [1.54, 1.807) is 0 Å². The van der Waals surface area contributed by atoms with Crippen molar-refractivity contribution in [3.05, 3.63) is 0 Å². The Morgan fingerprint density at radius 1 is 0.464 bits per heavy atom. The number of aliphatic hydroxyl groups is 1. The van der Waals surface area contributed by atoms with Crippen LogP contribution in [-0.2, 0) is 19.1 Å². The summed E-state index contributed by atoms with van der Waals surface area (Å²) >= 11 is 0. The van der Waals surface area contributed by atoms with Crippen LogP contribution < -0.4 is 0 Å². The van der Waals surface area contributed by atoms with Gasteiger partial charge in [-0.3, -0.25) is 9.59 Å². The lowest BCUT2D eigenvalue weighted by Crippen LogP contribution is -2.49. The molecule has 0 aliphatic rings. The molecule has 6 nitrogen and oxygen atoms in total. The van der Waals surface area contributed by atoms with Gasteiger partial charge in [-0.2, -0.15) is 43.9 Å². The second kappa shape index (κ2) is 30.2. The molecular formula is C40H69F10NO5. The van der Waals surface area contributed by atoms with E-state index in [9.17, 15) is 53.5 Å². The molecule has 1 N–H and O–H groups in total. The number of ether oxygens (including phenoxy) is 2. The molecule has 0 amide bonds. The van der Waals surface area contributed by atoms with Crippen LogP contribution >= 0.6 is 0 Å². The summed E-state index contributed by atoms with van der Waals surface area (Å²) in [5.41, 5.74) is 0. The normalized spacial score (nSPS) is 14.0. The largest absolute Gasteiger partial charge is 0.457 e. The van der Waals surface area contributed by atoms with Crippen LogP contribution in [0.5, 0.6) is 0 Å². The highest BCUT2D eigenvalue weighted by Gasteiger charge is 2.64. The van der Waals surface area contributed by atoms with Gasteiger partial charge in [0.05, 0.1) is 0 Å². The number of hydrogen-bond acceptors (Lipinski definition) is 6. The predicted molar refractivity (Wildman–Crippen MR) is 197 cm³/mol. The van der Waals surface area contributed by atoms with Gasteiger partial charge in [-0.1, -0.05) is 104 Å². The molecule has 0 spiro atoms. The van der Waals surface area contributed by atoms with Crippen molar-refractivity contribution in [1.29, 1.82) is 0 Å². The topological polar surface area (TPSA) is 76.1 Å². The van der Waals surface area contributed by atoms with Gasteiger partial charge < -0.3 is 19.5 Å². The number of rotatable bonds is 36. The number of carbonyl (C=O) groups is 2. The third kappa shape index (κ3) is 24.2. The Balaban J connectivity index is 4.82. The summed E-state index contributed by atoms with van der Waals surface area (Å²) in [6.45, 7) is 5.74. The molecule has 2 atom stereocenters. The number of unbranched alkanes of at least 4 members (excludes halogenated alkanes) is 17. The van der Waals surface area contributed by atoms with Gasteiger partial charge in [0.15, 0.2) is 12.2 Å². The zero-order valence-electron chi connectivity index (χ0n) is 33.7. The number of carbonyl (C=O) groups excluding carboxylic acids is 2. The molecule has 0 aromatic rings. The van der Waals surface area contributed by atoms with Gasteiger partial charge in [-0.15, -0.1) is 0 Å². The number of nitrogens with zero attached hydrogens (tertiary/aromatic N) is 1. The second-order valence-electron chi connectivity index (χ2n) is 14.9. The summed E-state index contributed by atoms with van der Waals surface area (Å²) in [6.07, 6.45) is -4.92. The van der Waals surface area contributed by atoms with E-state index in [2.05, 4.69) is 4.90 Å². The Bertz CT molecular complexity index is 926. The van der Waals surface area contributed by atoms with E-state index in [0.717, 1.165) is 51.4 Å². The average molecular weight is 834 g/mol. The monoisotopic (exact) mass is 834 g/mol. The van der Waals surface area contributed by atoms with Gasteiger partial charge in [0, 0.05) is 19.4 Å². The molecule has 56 heavy (non-hydrogen) atoms. The highest BCUT2D eigenvalue weighted by atomic mass is 19.4. The van der Waals surface area contributed by atoms with E-state index in [-0.39, 0.29) is 45.1 Å². The van der Waals surface area contributed by atoms with Crippen LogP contribution in [0.2, 0.25) is 0 Å². The summed E-state index contributed by atoms with van der Waals surface area (Å²) in [7, 11) is 0. The third-order valence-corrected chi connectivity index (χ3v) is 9.84. The van der Waals surface area contributed by atoms with E-state index in [0.29, 0.717) is 83.8 Å². The van der Waals surface area contributed by atoms with Gasteiger partial charge in [0.1, 0.15) is 0 Å². The molecule has 0 aromatic heterocycles. The van der Waals surface area contributed by atoms with Gasteiger partial charge in [0.2, 0.25) is 0 Å². The SMILES string of the molecule is CCCCCCCCCC(OC(=O)CCCCCN(CCCCO)CCCCCC(=O)OC(CCCCCCCCC)C(F)(F)C(F)(F)F)C(F)(F)C(F)(F)F. The van der Waals surface area contributed by atoms with E-state index >= 15 is 0 Å². The molecule has 0 rings (SSSR count). The molecule has 2 unspecified atom stereocenters. The summed E-state index contributed by atoms with van der Waals surface area (Å²) in [4.78, 5) is 26.7. The predicted octanol–water partition coefficient (Wildman–Crippen LogP) is 12.7. The average Bonchev–Trinajstić information content (AvgIpc) is 3.11. The van der Waals surface area contributed by atoms with E-state index in [1.807, 2.05) is 13.8 Å². The summed E-state index contributed by atoms with van der Waals surface area (Å²) < 4.78 is 145. The first-order valence-electron chi connectivity index (χ1n) is 21.0. The lowest BCUT2D eigenvalue weighted by atomic mass is 10.0. The van der Waals surface area contributed by atoms with Crippen LogP contribution in [0.25, 0.3) is 0 Å². The molecule has 0 fully saturated rings. The van der Waals surface area contributed by atoms with Crippen molar-refractivity contribution in [2.75, 3.05) is 26.2 Å². The van der Waals surface area contributed by atoms with Crippen molar-refractivity contribution < 1.29 is 68.1 Å². The molecule has 0 aliphatic heterocycles. The molecule has 0 radical (unpaired) electrons. The van der Waals surface area contributed by atoms with Crippen molar-refractivity contribution in [3.63, 3.8) is 0 Å². The molecule has 0 bridgehead atoms. The maximum Gasteiger partial charge on any atom is 0.457 e. The molecule has 0 heterocycles. The Morgan fingerprint density at radius 2 is 0.768 bits per heavy atom. The Labute approximate surface area is 328 Å². The van der Waals surface area contributed by atoms with Crippen molar-refractivity contribution >= 4 is 11.9 Å². The fourth-order valence-corrected chi connectivity index (χ4v) is 6.35. The first-order chi connectivity index (χ1) is 26.3. The third-order valence-electron chi connectivity index (χ3n) is 9.84. The van der Waals surface area contributed by atoms with Crippen molar-refractivity contribution in [2.24, 2.45) is 0 Å². The smallest absolute Gasteiger partial charge is 0.456 e. The fraction of sp³-hybridized carbons (Fsp3) is 0.950. The number of esters is 2. The fourth-order valence-electron chi connectivity index (χ4n) is 6.35. The van der Waals surface area contributed by atoms with Crippen LogP contribution in [0.15, 0.2) is 0 Å². The van der Waals surface area contributed by atoms with Crippen LogP contribution in [-0.4, -0.2) is 84.6 Å². The minimum absolute atomic E-state index is 0.0151. The van der Waals surface area contributed by atoms with Crippen molar-refractivity contribution in [2.45, 2.75) is 217 Å². The van der Waals surface area contributed by atoms with Crippen LogP contribution in [0, 0.1) is 0 Å². The van der Waals surface area contributed by atoms with Crippen LogP contribution in [0.1, 0.15) is 181 Å². The van der Waals surface area contributed by atoms with E-state index in [4.69, 9.17) is 14.6 Å². The molecule has 334 valence electrons. The number of aliphatic hydroxyl groups excluding tert-OH is 1. The standard InChI is InChI=1S/C40H69F10NO5/c1-3-5-7-9-11-13-17-25-33(37(41,42)39(45,46)47)55-35(53)27-19-15-21-29-51(31-23-24-32-52)30-22-16-20-28-36(54)56-34(38(43,44)40(48,49)50)26-18-14-12-10-8-6-4-2/h33-34,52H,3-32H2,1-2H3. The molecule has 0 saturated carbocycles. The van der Waals surface area contributed by atoms with Crippen molar-refractivity contribution in [3.8, 4) is 0 Å². The lowest BCUT2D eigenvalue weighted by molar-refractivity contribution is -0.315. The van der Waals surface area contributed by atoms with Gasteiger partial charge in [0.25, 0.3) is 0 Å². The number of alkyl halides is 10. The molecule has 16 heteroatoms. The van der Waals surface area contributed by atoms with Gasteiger partial charge in [-0.05, 0) is 83.8 Å². The summed E-state index contributed by atoms with van der Waals surface area (Å²) in [6, 6.07) is 0. The zero-order valence-corrected chi connectivity index (χ0v) is 33.7. The van der Waals surface area contributed by atoms with Crippen LogP contribution in [0.4, 0.5) is 43.9 Å². The highest BCUT2D eigenvalue weighted by Crippen LogP contribution is 2.42. The molecular weight excluding hydrogens is 764 g/mol. The lowest BCUT2D eigenvalue weighted by Gasteiger charge is -2.28. The number of hydrogen-bond donors (Lipinski definition) is 1. The quantitative estimate of drug-likeness (QED) is 0.0385. The Kier molecular flexibility index (Phi) is 29.2. The summed E-state index contributed by atoms with van der Waals surface area (Å²) in [5.74, 6) is -12.6. The van der Waals surface area contributed by atoms with E-state index < -0.39 is 61.2 Å². The zero-order chi connectivity index (χ0) is 42.5. The van der Waals surface area contributed by atoms with E-state index in [1.165, 1.54) is 0 Å². The first-order valence-corrected chi connectivity index (χ1v) is 21.0. The van der Waals surface area contributed by atoms with Gasteiger partial charge in [-0.25, -0.2) is 0 Å².